The minimum absolute atomic E-state index is 0.218. The van der Waals surface area contributed by atoms with Crippen molar-refractivity contribution in [1.29, 1.82) is 0 Å². The monoisotopic (exact) mass is 410 g/mol. The van der Waals surface area contributed by atoms with Crippen LogP contribution >= 0.6 is 7.72 Å². The van der Waals surface area contributed by atoms with Crippen LogP contribution in [0.4, 0.5) is 0 Å². The van der Waals surface area contributed by atoms with E-state index in [0.717, 1.165) is 13.0 Å². The Bertz CT molecular complexity index is 347. The van der Waals surface area contributed by atoms with Crippen molar-refractivity contribution in [2.45, 2.75) is 90.0 Å². The van der Waals surface area contributed by atoms with Gasteiger partial charge in [-0.2, -0.15) is 0 Å². The van der Waals surface area contributed by atoms with Crippen LogP contribution in [0, 0.1) is 0 Å². The summed E-state index contributed by atoms with van der Waals surface area (Å²) in [5.74, 6) is 0.218. The summed E-state index contributed by atoms with van der Waals surface area (Å²) in [6.07, 6.45) is 13.9. The predicted molar refractivity (Wildman–Crippen MR) is 117 cm³/mol. The van der Waals surface area contributed by atoms with Crippen LogP contribution in [-0.4, -0.2) is 48.7 Å². The Labute approximate surface area is 167 Å². The van der Waals surface area contributed by atoms with Crippen molar-refractivity contribution in [3.8, 4) is 0 Å². The fraction of sp³-hybridized carbons (Fsp3) is 0.947. The molecule has 0 rings (SSSR count). The Kier molecular flexibility index (Phi) is 18.8. The third-order valence-electron chi connectivity index (χ3n) is 4.54. The number of methoxy groups -OCH3 is 2. The molecule has 0 fully saturated rings. The maximum Gasteiger partial charge on any atom is 0.338 e. The Morgan fingerprint density at radius 3 is 1.52 bits per heavy atom. The van der Waals surface area contributed by atoms with E-state index >= 15 is 0 Å². The molecule has 0 aromatic rings. The lowest BCUT2D eigenvalue weighted by Gasteiger charge is -2.29. The lowest BCUT2D eigenvalue weighted by Crippen LogP contribution is -2.35. The van der Waals surface area contributed by atoms with Crippen LogP contribution in [0.5, 0.6) is 0 Å². The van der Waals surface area contributed by atoms with E-state index in [2.05, 4.69) is 11.9 Å². The van der Waals surface area contributed by atoms with Crippen LogP contribution in [0.1, 0.15) is 84.5 Å². The summed E-state index contributed by atoms with van der Waals surface area (Å²) in [6.45, 7) is 6.16. The molecule has 0 aromatic carbocycles. The van der Waals surface area contributed by atoms with Crippen molar-refractivity contribution in [2.24, 2.45) is 16.5 Å². The van der Waals surface area contributed by atoms with Gasteiger partial charge in [0.05, 0.1) is 0 Å². The summed E-state index contributed by atoms with van der Waals surface area (Å²) < 4.78 is 9.86. The highest BCUT2D eigenvalue weighted by Gasteiger charge is 2.55. The first-order valence-corrected chi connectivity index (χ1v) is 12.3. The van der Waals surface area contributed by atoms with Gasteiger partial charge >= 0.3 is 13.2 Å². The summed E-state index contributed by atoms with van der Waals surface area (Å²) in [5.41, 5.74) is 9.27. The van der Waals surface area contributed by atoms with E-state index in [1.54, 1.807) is 6.92 Å². The van der Waals surface area contributed by atoms with E-state index in [0.29, 0.717) is 6.42 Å². The van der Waals surface area contributed by atoms with Crippen LogP contribution in [0.3, 0.4) is 0 Å². The number of hydrogen-bond donors (Lipinski definition) is 4. The third-order valence-corrected chi connectivity index (χ3v) is 6.51. The number of rotatable bonds is 15. The summed E-state index contributed by atoms with van der Waals surface area (Å²) in [7, 11) is -0.300. The first kappa shape index (κ1) is 28.7. The van der Waals surface area contributed by atoms with Gasteiger partial charge in [-0.1, -0.05) is 71.6 Å². The number of nitrogens with two attached hydrogens (primary N) is 2. The van der Waals surface area contributed by atoms with Crippen molar-refractivity contribution < 1.29 is 19.3 Å². The van der Waals surface area contributed by atoms with Crippen LogP contribution in [0.25, 0.3) is 0 Å². The summed E-state index contributed by atoms with van der Waals surface area (Å²) in [5, 5.41) is 0. The molecule has 0 aromatic heterocycles. The van der Waals surface area contributed by atoms with E-state index in [-0.39, 0.29) is 5.96 Å². The number of aliphatic imine (C=N–C) groups is 1. The van der Waals surface area contributed by atoms with Crippen molar-refractivity contribution in [3.05, 3.63) is 0 Å². The van der Waals surface area contributed by atoms with Gasteiger partial charge < -0.3 is 20.9 Å². The average molecular weight is 411 g/mol. The summed E-state index contributed by atoms with van der Waals surface area (Å²) >= 11 is 0. The van der Waals surface area contributed by atoms with Crippen molar-refractivity contribution >= 4 is 13.7 Å². The maximum absolute atomic E-state index is 9.34. The molecule has 0 aliphatic rings. The van der Waals surface area contributed by atoms with Gasteiger partial charge in [-0.3, -0.25) is 4.99 Å². The number of unbranched alkanes of at least 4 members (excludes halogenated alkanes) is 9. The first-order chi connectivity index (χ1) is 12.7. The highest BCUT2D eigenvalue weighted by atomic mass is 31.2. The van der Waals surface area contributed by atoms with Gasteiger partial charge in [-0.15, -0.1) is 0 Å². The zero-order valence-corrected chi connectivity index (χ0v) is 19.1. The van der Waals surface area contributed by atoms with Crippen LogP contribution in [0.2, 0.25) is 0 Å². The predicted octanol–water partition coefficient (Wildman–Crippen LogP) is 3.99. The highest BCUT2D eigenvalue weighted by Crippen LogP contribution is 2.60. The summed E-state index contributed by atoms with van der Waals surface area (Å²) in [4.78, 5) is 22.7. The third kappa shape index (κ3) is 15.2. The molecule has 8 heteroatoms. The maximum atomic E-state index is 9.34. The van der Waals surface area contributed by atoms with Crippen LogP contribution < -0.4 is 11.5 Å². The lowest BCUT2D eigenvalue weighted by molar-refractivity contribution is -0.153. The van der Waals surface area contributed by atoms with Gasteiger partial charge in [0.15, 0.2) is 5.96 Å². The molecule has 27 heavy (non-hydrogen) atoms. The molecule has 7 nitrogen and oxygen atoms in total. The normalized spacial score (nSPS) is 11.7. The molecule has 0 spiro atoms. The second-order valence-electron chi connectivity index (χ2n) is 6.88. The molecule has 0 atom stereocenters. The van der Waals surface area contributed by atoms with Crippen molar-refractivity contribution in [1.82, 2.24) is 0 Å². The standard InChI is InChI=1S/C13H29N3.C6H16O4P/c1-2-3-4-5-6-7-8-9-10-11-12-16-13(14)15;1-5-6(9-2,10-3)11(4,7)8/h2-12H2,1H3,(H4,14,15,16);7-8H,5H2,1-4H3/q;+1. The van der Waals surface area contributed by atoms with Gasteiger partial charge in [-0.05, 0) is 6.42 Å². The van der Waals surface area contributed by atoms with Crippen molar-refractivity contribution in [2.75, 3.05) is 27.4 Å². The Morgan fingerprint density at radius 1 is 0.852 bits per heavy atom. The van der Waals surface area contributed by atoms with Gasteiger partial charge in [-0.25, -0.2) is 9.79 Å². The molecular weight excluding hydrogens is 365 g/mol. The van der Waals surface area contributed by atoms with E-state index in [1.807, 2.05) is 0 Å². The quantitative estimate of drug-likeness (QED) is 0.106. The average Bonchev–Trinajstić information content (AvgIpc) is 2.61. The Balaban J connectivity index is 0. The number of guanidine groups is 1. The molecular formula is C19H45N3O4P+. The molecule has 0 radical (unpaired) electrons. The highest BCUT2D eigenvalue weighted by molar-refractivity contribution is 7.65. The molecule has 0 saturated carbocycles. The minimum atomic E-state index is -3.10. The minimum Gasteiger partial charge on any atom is -0.370 e. The largest absolute Gasteiger partial charge is 0.370 e. The van der Waals surface area contributed by atoms with Crippen molar-refractivity contribution in [3.63, 3.8) is 0 Å². The van der Waals surface area contributed by atoms with Gasteiger partial charge in [0.25, 0.3) is 0 Å². The van der Waals surface area contributed by atoms with E-state index in [4.69, 9.17) is 20.9 Å². The molecule has 0 aliphatic heterocycles. The fourth-order valence-electron chi connectivity index (χ4n) is 2.82. The lowest BCUT2D eigenvalue weighted by atomic mass is 10.1. The molecule has 6 N–H and O–H groups in total. The van der Waals surface area contributed by atoms with E-state index in [9.17, 15) is 9.79 Å². The molecule has 0 bridgehead atoms. The van der Waals surface area contributed by atoms with Gasteiger partial charge in [0.1, 0.15) is 6.66 Å². The fourth-order valence-corrected chi connectivity index (χ4v) is 4.12. The second kappa shape index (κ2) is 17.6. The molecule has 164 valence electrons. The topological polar surface area (TPSA) is 123 Å². The zero-order valence-electron chi connectivity index (χ0n) is 18.2. The Hall–Kier alpha value is -0.460. The van der Waals surface area contributed by atoms with Crippen LogP contribution in [0.15, 0.2) is 4.99 Å². The van der Waals surface area contributed by atoms with Gasteiger partial charge in [0, 0.05) is 27.2 Å². The molecule has 0 amide bonds. The molecule has 0 unspecified atom stereocenters. The first-order valence-electron chi connectivity index (χ1n) is 10.2. The number of nitrogens with zero attached hydrogens (tertiary/aromatic N) is 1. The zero-order chi connectivity index (χ0) is 21.2. The Morgan fingerprint density at radius 2 is 1.26 bits per heavy atom. The van der Waals surface area contributed by atoms with Gasteiger partial charge in [0.2, 0.25) is 0 Å². The number of hydrogen-bond acceptors (Lipinski definition) is 5. The van der Waals surface area contributed by atoms with E-state index < -0.39 is 13.2 Å². The smallest absolute Gasteiger partial charge is 0.338 e. The molecule has 0 saturated heterocycles. The molecule has 0 aliphatic carbocycles. The van der Waals surface area contributed by atoms with E-state index in [1.165, 1.54) is 78.7 Å². The molecule has 0 heterocycles. The number of ether oxygens (including phenoxy) is 2. The second-order valence-corrected chi connectivity index (χ2v) is 9.38. The van der Waals surface area contributed by atoms with Crippen LogP contribution in [-0.2, 0) is 9.47 Å². The SMILES string of the molecule is CCC(OC)(OC)[P+](C)(O)O.CCCCCCCCCCCCN=C(N)N. The summed E-state index contributed by atoms with van der Waals surface area (Å²) in [6, 6.07) is 0.